The number of amidine groups is 1. The molecule has 1 rings (SSSR count). The lowest BCUT2D eigenvalue weighted by Crippen LogP contribution is -2.20. The average Bonchev–Trinajstić information content (AvgIpc) is 2.02. The number of nitrogens with zero attached hydrogens (tertiary/aromatic N) is 1. The zero-order chi connectivity index (χ0) is 8.10. The third kappa shape index (κ3) is 3.28. The minimum Gasteiger partial charge on any atom is -0.348 e. The van der Waals surface area contributed by atoms with Gasteiger partial charge in [0, 0.05) is 11.4 Å². The van der Waals surface area contributed by atoms with E-state index in [0.29, 0.717) is 0 Å². The standard InChI is InChI=1S/C8H12N2S/c1-7-6-11-5-3-4-9-8(2)10-7/h3,5H,1,4,6H2,2H3,(H,9,10)/b5-3-. The van der Waals surface area contributed by atoms with E-state index >= 15 is 0 Å². The molecule has 0 amide bonds. The van der Waals surface area contributed by atoms with Gasteiger partial charge in [0.2, 0.25) is 0 Å². The highest BCUT2D eigenvalue weighted by Crippen LogP contribution is 2.06. The lowest BCUT2D eigenvalue weighted by molar-refractivity contribution is 1.09. The van der Waals surface area contributed by atoms with Gasteiger partial charge in [0.15, 0.2) is 0 Å². The van der Waals surface area contributed by atoms with Crippen LogP contribution in [0.2, 0.25) is 0 Å². The minimum absolute atomic E-state index is 0.763. The Kier molecular flexibility index (Phi) is 3.23. The van der Waals surface area contributed by atoms with Gasteiger partial charge in [-0.1, -0.05) is 12.7 Å². The molecule has 0 fully saturated rings. The van der Waals surface area contributed by atoms with E-state index in [1.807, 2.05) is 6.92 Å². The van der Waals surface area contributed by atoms with Crippen LogP contribution >= 0.6 is 11.8 Å². The van der Waals surface area contributed by atoms with E-state index in [4.69, 9.17) is 0 Å². The maximum absolute atomic E-state index is 4.24. The van der Waals surface area contributed by atoms with Crippen molar-refractivity contribution in [1.29, 1.82) is 0 Å². The van der Waals surface area contributed by atoms with Gasteiger partial charge in [-0.05, 0) is 12.3 Å². The quantitative estimate of drug-likeness (QED) is 0.596. The molecule has 0 saturated carbocycles. The Hall–Kier alpha value is -0.700. The van der Waals surface area contributed by atoms with Crippen molar-refractivity contribution in [3.8, 4) is 0 Å². The molecule has 1 aliphatic rings. The van der Waals surface area contributed by atoms with Crippen molar-refractivity contribution >= 4 is 17.6 Å². The van der Waals surface area contributed by atoms with Gasteiger partial charge in [0.25, 0.3) is 0 Å². The van der Waals surface area contributed by atoms with Crippen LogP contribution in [0.5, 0.6) is 0 Å². The molecule has 0 unspecified atom stereocenters. The highest BCUT2D eigenvalue weighted by atomic mass is 32.2. The molecule has 2 nitrogen and oxygen atoms in total. The molecule has 0 bridgehead atoms. The third-order valence-electron chi connectivity index (χ3n) is 1.24. The molecule has 1 N–H and O–H groups in total. The van der Waals surface area contributed by atoms with Crippen molar-refractivity contribution in [2.75, 3.05) is 12.3 Å². The highest BCUT2D eigenvalue weighted by molar-refractivity contribution is 8.02. The Morgan fingerprint density at radius 1 is 1.73 bits per heavy atom. The summed E-state index contributed by atoms with van der Waals surface area (Å²) in [6.45, 7) is 6.58. The summed E-state index contributed by atoms with van der Waals surface area (Å²) < 4.78 is 0. The van der Waals surface area contributed by atoms with Crippen LogP contribution in [0.3, 0.4) is 0 Å². The fourth-order valence-corrected chi connectivity index (χ4v) is 1.37. The summed E-state index contributed by atoms with van der Waals surface area (Å²) in [5, 5.41) is 5.18. The van der Waals surface area contributed by atoms with Crippen LogP contribution in [-0.2, 0) is 0 Å². The van der Waals surface area contributed by atoms with Gasteiger partial charge in [0.1, 0.15) is 0 Å². The number of rotatable bonds is 0. The van der Waals surface area contributed by atoms with Crippen LogP contribution < -0.4 is 5.32 Å². The minimum atomic E-state index is 0.763. The maximum Gasteiger partial charge on any atom is 0.0977 e. The molecule has 0 radical (unpaired) electrons. The molecule has 3 heteroatoms. The molecule has 0 aliphatic carbocycles. The van der Waals surface area contributed by atoms with Gasteiger partial charge in [-0.2, -0.15) is 0 Å². The molecule has 0 aromatic heterocycles. The topological polar surface area (TPSA) is 24.4 Å². The van der Waals surface area contributed by atoms with Crippen LogP contribution in [0.1, 0.15) is 6.92 Å². The summed E-state index contributed by atoms with van der Waals surface area (Å²) in [5.74, 6) is 1.87. The van der Waals surface area contributed by atoms with Crippen molar-refractivity contribution < 1.29 is 0 Å². The van der Waals surface area contributed by atoms with Crippen LogP contribution in [0.4, 0.5) is 0 Å². The van der Waals surface area contributed by atoms with Crippen molar-refractivity contribution in [1.82, 2.24) is 5.32 Å². The summed E-state index contributed by atoms with van der Waals surface area (Å²) in [4.78, 5) is 4.24. The highest BCUT2D eigenvalue weighted by Gasteiger charge is 1.95. The third-order valence-corrected chi connectivity index (χ3v) is 2.14. The second-order valence-electron chi connectivity index (χ2n) is 2.34. The first-order chi connectivity index (χ1) is 5.29. The molecule has 11 heavy (non-hydrogen) atoms. The maximum atomic E-state index is 4.24. The predicted molar refractivity (Wildman–Crippen MR) is 51.8 cm³/mol. The summed E-state index contributed by atoms with van der Waals surface area (Å²) >= 11 is 1.74. The Morgan fingerprint density at radius 2 is 2.55 bits per heavy atom. The smallest absolute Gasteiger partial charge is 0.0977 e. The summed E-state index contributed by atoms with van der Waals surface area (Å²) in [6.07, 6.45) is 2.05. The Labute approximate surface area is 71.5 Å². The van der Waals surface area contributed by atoms with Gasteiger partial charge in [-0.15, -0.1) is 11.8 Å². The molecule has 0 atom stereocenters. The molecule has 1 heterocycles. The zero-order valence-electron chi connectivity index (χ0n) is 6.63. The number of aliphatic imine (C=N–C) groups is 1. The second-order valence-corrected chi connectivity index (χ2v) is 3.23. The molecule has 0 aromatic carbocycles. The molecule has 60 valence electrons. The Morgan fingerprint density at radius 3 is 3.36 bits per heavy atom. The molecular formula is C8H12N2S. The zero-order valence-corrected chi connectivity index (χ0v) is 7.45. The number of thioether (sulfide) groups is 1. The number of nitrogens with one attached hydrogen (secondary N) is 1. The summed E-state index contributed by atoms with van der Waals surface area (Å²) in [5.41, 5.74) is 1.02. The lowest BCUT2D eigenvalue weighted by atomic mass is 10.5. The van der Waals surface area contributed by atoms with Crippen LogP contribution in [0, 0.1) is 0 Å². The van der Waals surface area contributed by atoms with Gasteiger partial charge >= 0.3 is 0 Å². The molecule has 1 aliphatic heterocycles. The summed E-state index contributed by atoms with van der Waals surface area (Å²) in [6, 6.07) is 0. The van der Waals surface area contributed by atoms with E-state index in [1.165, 1.54) is 0 Å². The van der Waals surface area contributed by atoms with E-state index in [-0.39, 0.29) is 0 Å². The first-order valence-corrected chi connectivity index (χ1v) is 4.56. The lowest BCUT2D eigenvalue weighted by Gasteiger charge is -2.05. The van der Waals surface area contributed by atoms with Gasteiger partial charge in [0.05, 0.1) is 12.4 Å². The SMILES string of the molecule is C=C1CS/C=C\C/N=C(/C)N1. The average molecular weight is 168 g/mol. The van der Waals surface area contributed by atoms with Crippen LogP contribution in [0.15, 0.2) is 28.8 Å². The van der Waals surface area contributed by atoms with Crippen molar-refractivity contribution in [2.45, 2.75) is 6.92 Å². The predicted octanol–water partition coefficient (Wildman–Crippen LogP) is 1.77. The molecule has 0 saturated heterocycles. The van der Waals surface area contributed by atoms with Crippen molar-refractivity contribution in [2.24, 2.45) is 4.99 Å². The fraction of sp³-hybridized carbons (Fsp3) is 0.375. The first kappa shape index (κ1) is 8.40. The Balaban J connectivity index is 2.58. The Bertz CT molecular complexity index is 206. The van der Waals surface area contributed by atoms with E-state index < -0.39 is 0 Å². The van der Waals surface area contributed by atoms with Crippen molar-refractivity contribution in [3.05, 3.63) is 23.8 Å². The molecular weight excluding hydrogens is 156 g/mol. The normalized spacial score (nSPS) is 27.0. The van der Waals surface area contributed by atoms with E-state index in [0.717, 1.165) is 23.8 Å². The monoisotopic (exact) mass is 168 g/mol. The fourth-order valence-electron chi connectivity index (χ4n) is 0.781. The molecule has 0 spiro atoms. The van der Waals surface area contributed by atoms with E-state index in [1.54, 1.807) is 11.8 Å². The second kappa shape index (κ2) is 4.23. The van der Waals surface area contributed by atoms with Gasteiger partial charge in [-0.25, -0.2) is 0 Å². The van der Waals surface area contributed by atoms with Crippen LogP contribution in [-0.4, -0.2) is 18.1 Å². The number of hydrogen-bond acceptors (Lipinski definition) is 3. The van der Waals surface area contributed by atoms with Crippen molar-refractivity contribution in [3.63, 3.8) is 0 Å². The van der Waals surface area contributed by atoms with Crippen LogP contribution in [0.25, 0.3) is 0 Å². The van der Waals surface area contributed by atoms with Gasteiger partial charge in [-0.3, -0.25) is 4.99 Å². The largest absolute Gasteiger partial charge is 0.348 e. The van der Waals surface area contributed by atoms with E-state index in [2.05, 4.69) is 28.4 Å². The van der Waals surface area contributed by atoms with E-state index in [9.17, 15) is 0 Å². The summed E-state index contributed by atoms with van der Waals surface area (Å²) in [7, 11) is 0. The molecule has 0 aromatic rings. The first-order valence-electron chi connectivity index (χ1n) is 3.51. The van der Waals surface area contributed by atoms with Gasteiger partial charge < -0.3 is 5.32 Å². The number of hydrogen-bond donors (Lipinski definition) is 1.